The Morgan fingerprint density at radius 1 is 1.00 bits per heavy atom. The van der Waals surface area contributed by atoms with Crippen LogP contribution in [0.15, 0.2) is 53.4 Å². The van der Waals surface area contributed by atoms with Gasteiger partial charge in [-0.15, -0.1) is 0 Å². The molecule has 2 aliphatic heterocycles. The monoisotopic (exact) mass is 470 g/mol. The standard InChI is InChI=1S/C26H34N2O4S/c1-3-26(29)32-24-15-18-28(19-24)33(30,31)25-12-10-23(11-13-25)22-8-6-21(7-9-22)14-17-27-16-4-5-20(27)2/h6-13,20,24H,3-5,14-19H2,1-2H3. The van der Waals surface area contributed by atoms with Gasteiger partial charge in [-0.3, -0.25) is 4.79 Å². The number of sulfonamides is 1. The zero-order valence-electron chi connectivity index (χ0n) is 19.6. The van der Waals surface area contributed by atoms with E-state index >= 15 is 0 Å². The summed E-state index contributed by atoms with van der Waals surface area (Å²) in [7, 11) is -3.60. The maximum Gasteiger partial charge on any atom is 0.305 e. The minimum atomic E-state index is -3.60. The van der Waals surface area contributed by atoms with Crippen LogP contribution in [-0.2, 0) is 26.0 Å². The van der Waals surface area contributed by atoms with Crippen molar-refractivity contribution in [3.63, 3.8) is 0 Å². The first-order valence-corrected chi connectivity index (χ1v) is 13.4. The molecule has 0 radical (unpaired) electrons. The van der Waals surface area contributed by atoms with E-state index in [1.165, 1.54) is 29.3 Å². The zero-order valence-corrected chi connectivity index (χ0v) is 20.4. The molecular weight excluding hydrogens is 436 g/mol. The summed E-state index contributed by atoms with van der Waals surface area (Å²) in [4.78, 5) is 14.3. The van der Waals surface area contributed by atoms with E-state index in [9.17, 15) is 13.2 Å². The van der Waals surface area contributed by atoms with Gasteiger partial charge in [0.05, 0.1) is 11.4 Å². The molecule has 0 amide bonds. The fraction of sp³-hybridized carbons (Fsp3) is 0.500. The van der Waals surface area contributed by atoms with Gasteiger partial charge in [-0.25, -0.2) is 8.42 Å². The van der Waals surface area contributed by atoms with E-state index in [1.54, 1.807) is 19.1 Å². The molecule has 0 spiro atoms. The second kappa shape index (κ2) is 10.4. The van der Waals surface area contributed by atoms with Crippen molar-refractivity contribution >= 4 is 16.0 Å². The summed E-state index contributed by atoms with van der Waals surface area (Å²) in [6.45, 7) is 6.93. The van der Waals surface area contributed by atoms with Gasteiger partial charge in [-0.1, -0.05) is 43.3 Å². The molecule has 6 nitrogen and oxygen atoms in total. The number of likely N-dealkylation sites (tertiary alicyclic amines) is 1. The number of carbonyl (C=O) groups is 1. The van der Waals surface area contributed by atoms with Gasteiger partial charge >= 0.3 is 5.97 Å². The highest BCUT2D eigenvalue weighted by Gasteiger charge is 2.34. The summed E-state index contributed by atoms with van der Waals surface area (Å²) in [5.74, 6) is -0.291. The van der Waals surface area contributed by atoms with Gasteiger partial charge in [0.25, 0.3) is 0 Å². The number of rotatable bonds is 8. The van der Waals surface area contributed by atoms with Crippen molar-refractivity contribution in [3.8, 4) is 11.1 Å². The second-order valence-corrected chi connectivity index (χ2v) is 11.1. The lowest BCUT2D eigenvalue weighted by atomic mass is 10.0. The Kier molecular flexibility index (Phi) is 7.51. The smallest absolute Gasteiger partial charge is 0.305 e. The number of nitrogens with zero attached hydrogens (tertiary/aromatic N) is 2. The van der Waals surface area contributed by atoms with Crippen LogP contribution < -0.4 is 0 Å². The van der Waals surface area contributed by atoms with Crippen LogP contribution in [0.5, 0.6) is 0 Å². The Hall–Kier alpha value is -2.22. The Balaban J connectivity index is 1.37. The summed E-state index contributed by atoms with van der Waals surface area (Å²) >= 11 is 0. The highest BCUT2D eigenvalue weighted by molar-refractivity contribution is 7.89. The van der Waals surface area contributed by atoms with Gasteiger partial charge in [-0.05, 0) is 68.0 Å². The highest BCUT2D eigenvalue weighted by Crippen LogP contribution is 2.26. The molecule has 2 aromatic carbocycles. The molecule has 0 aliphatic carbocycles. The molecule has 0 aromatic heterocycles. The minimum absolute atomic E-state index is 0.216. The van der Waals surface area contributed by atoms with Gasteiger partial charge in [-0.2, -0.15) is 4.31 Å². The molecule has 0 bridgehead atoms. The molecule has 7 heteroatoms. The molecule has 2 unspecified atom stereocenters. The van der Waals surface area contributed by atoms with E-state index in [0.29, 0.717) is 25.4 Å². The number of hydrogen-bond acceptors (Lipinski definition) is 5. The number of carbonyl (C=O) groups excluding carboxylic acids is 1. The fourth-order valence-electron chi connectivity index (χ4n) is 4.71. The summed E-state index contributed by atoms with van der Waals surface area (Å²) in [6.07, 6.45) is 4.12. The van der Waals surface area contributed by atoms with E-state index < -0.39 is 10.0 Å². The van der Waals surface area contributed by atoms with Gasteiger partial charge in [0, 0.05) is 25.6 Å². The summed E-state index contributed by atoms with van der Waals surface area (Å²) < 4.78 is 32.7. The number of esters is 1. The number of benzene rings is 2. The molecule has 4 rings (SSSR count). The molecular formula is C26H34N2O4S. The number of ether oxygens (including phenoxy) is 1. The molecule has 0 saturated carbocycles. The van der Waals surface area contributed by atoms with E-state index in [1.807, 2.05) is 12.1 Å². The lowest BCUT2D eigenvalue weighted by Crippen LogP contribution is -2.30. The lowest BCUT2D eigenvalue weighted by molar-refractivity contribution is -0.147. The molecule has 2 saturated heterocycles. The van der Waals surface area contributed by atoms with Crippen LogP contribution in [0.2, 0.25) is 0 Å². The van der Waals surface area contributed by atoms with E-state index in [2.05, 4.69) is 36.1 Å². The summed E-state index contributed by atoms with van der Waals surface area (Å²) in [6, 6.07) is 16.3. The second-order valence-electron chi connectivity index (χ2n) is 9.12. The molecule has 2 fully saturated rings. The third-order valence-corrected chi connectivity index (χ3v) is 8.73. The van der Waals surface area contributed by atoms with Crippen LogP contribution in [-0.4, -0.2) is 61.9 Å². The fourth-order valence-corrected chi connectivity index (χ4v) is 6.20. The van der Waals surface area contributed by atoms with Gasteiger partial charge in [0.2, 0.25) is 10.0 Å². The van der Waals surface area contributed by atoms with Crippen molar-refractivity contribution in [2.75, 3.05) is 26.2 Å². The van der Waals surface area contributed by atoms with Crippen LogP contribution in [0, 0.1) is 0 Å². The van der Waals surface area contributed by atoms with Gasteiger partial charge in [0.1, 0.15) is 6.10 Å². The first-order valence-electron chi connectivity index (χ1n) is 12.0. The van der Waals surface area contributed by atoms with Crippen LogP contribution in [0.1, 0.15) is 45.1 Å². The molecule has 2 aromatic rings. The molecule has 178 valence electrons. The first kappa shape index (κ1) is 23.9. The normalized spacial score (nSPS) is 22.0. The molecule has 2 heterocycles. The lowest BCUT2D eigenvalue weighted by Gasteiger charge is -2.20. The SMILES string of the molecule is CCC(=O)OC1CCN(S(=O)(=O)c2ccc(-c3ccc(CCN4CCCC4C)cc3)cc2)C1. The average Bonchev–Trinajstić information content (AvgIpc) is 3.47. The zero-order chi connectivity index (χ0) is 23.4. The average molecular weight is 471 g/mol. The van der Waals surface area contributed by atoms with Crippen LogP contribution in [0.4, 0.5) is 0 Å². The topological polar surface area (TPSA) is 66.9 Å². The third-order valence-electron chi connectivity index (χ3n) is 6.85. The predicted octanol–water partition coefficient (Wildman–Crippen LogP) is 4.10. The molecule has 33 heavy (non-hydrogen) atoms. The van der Waals surface area contributed by atoms with Crippen LogP contribution >= 0.6 is 0 Å². The van der Waals surface area contributed by atoms with E-state index in [4.69, 9.17) is 4.74 Å². The Morgan fingerprint density at radius 3 is 2.27 bits per heavy atom. The molecule has 2 aliphatic rings. The van der Waals surface area contributed by atoms with Crippen LogP contribution in [0.3, 0.4) is 0 Å². The molecule has 0 N–H and O–H groups in total. The summed E-state index contributed by atoms with van der Waals surface area (Å²) in [5.41, 5.74) is 3.39. The van der Waals surface area contributed by atoms with Crippen molar-refractivity contribution in [2.24, 2.45) is 0 Å². The predicted molar refractivity (Wildman–Crippen MR) is 129 cm³/mol. The van der Waals surface area contributed by atoms with E-state index in [0.717, 1.165) is 24.1 Å². The van der Waals surface area contributed by atoms with Crippen molar-refractivity contribution in [2.45, 2.75) is 63.0 Å². The van der Waals surface area contributed by atoms with Crippen LogP contribution in [0.25, 0.3) is 11.1 Å². The third kappa shape index (κ3) is 5.65. The van der Waals surface area contributed by atoms with Crippen molar-refractivity contribution in [1.82, 2.24) is 9.21 Å². The highest BCUT2D eigenvalue weighted by atomic mass is 32.2. The van der Waals surface area contributed by atoms with E-state index in [-0.39, 0.29) is 23.5 Å². The van der Waals surface area contributed by atoms with Gasteiger partial charge in [0.15, 0.2) is 0 Å². The largest absolute Gasteiger partial charge is 0.461 e. The Labute approximate surface area is 197 Å². The summed E-state index contributed by atoms with van der Waals surface area (Å²) in [5, 5.41) is 0. The molecule has 2 atom stereocenters. The van der Waals surface area contributed by atoms with Gasteiger partial charge < -0.3 is 9.64 Å². The number of hydrogen-bond donors (Lipinski definition) is 0. The maximum atomic E-state index is 13.0. The first-order chi connectivity index (χ1) is 15.9. The maximum absolute atomic E-state index is 13.0. The quantitative estimate of drug-likeness (QED) is 0.544. The minimum Gasteiger partial charge on any atom is -0.461 e. The Bertz CT molecular complexity index is 1050. The van der Waals surface area contributed by atoms with Crippen molar-refractivity contribution in [3.05, 3.63) is 54.1 Å². The van der Waals surface area contributed by atoms with Crippen molar-refractivity contribution < 1.29 is 17.9 Å². The van der Waals surface area contributed by atoms with Crippen molar-refractivity contribution in [1.29, 1.82) is 0 Å². The Morgan fingerprint density at radius 2 is 1.67 bits per heavy atom.